The summed E-state index contributed by atoms with van der Waals surface area (Å²) in [6, 6.07) is 3.01. The zero-order valence-electron chi connectivity index (χ0n) is 12.6. The first kappa shape index (κ1) is 15.2. The number of hydrogen-bond donors (Lipinski definition) is 2. The number of hydrogen-bond acceptors (Lipinski definition) is 2. The van der Waals surface area contributed by atoms with E-state index in [0.717, 1.165) is 19.3 Å². The summed E-state index contributed by atoms with van der Waals surface area (Å²) in [5, 5.41) is 5.75. The molecule has 0 saturated heterocycles. The Kier molecular flexibility index (Phi) is 4.02. The molecular formula is C16H21F2N3O. The standard InChI is InChI=1S/C16H21F2N3O/c1-16(17,18)14-8-11(4-5-19-14)9-20-15(22)21-13-7-10-2-3-12(13)6-10/h4-5,8,10,12-13H,2-3,6-7,9H2,1H3,(H2,20,21,22)/t10?,12?,13-/m0/s1. The van der Waals surface area contributed by atoms with Crippen molar-refractivity contribution in [2.75, 3.05) is 0 Å². The molecule has 2 amide bonds. The van der Waals surface area contributed by atoms with E-state index in [1.54, 1.807) is 6.07 Å². The van der Waals surface area contributed by atoms with E-state index in [4.69, 9.17) is 0 Å². The number of fused-ring (bicyclic) bond motifs is 2. The summed E-state index contributed by atoms with van der Waals surface area (Å²) >= 11 is 0. The summed E-state index contributed by atoms with van der Waals surface area (Å²) in [4.78, 5) is 15.6. The third-order valence-corrected chi connectivity index (χ3v) is 4.78. The lowest BCUT2D eigenvalue weighted by Crippen LogP contribution is -2.44. The van der Waals surface area contributed by atoms with E-state index >= 15 is 0 Å². The summed E-state index contributed by atoms with van der Waals surface area (Å²) in [7, 11) is 0. The molecule has 2 aliphatic carbocycles. The highest BCUT2D eigenvalue weighted by Gasteiger charge is 2.40. The van der Waals surface area contributed by atoms with Gasteiger partial charge >= 0.3 is 6.03 Å². The van der Waals surface area contributed by atoms with Gasteiger partial charge in [-0.05, 0) is 48.8 Å². The molecule has 3 atom stereocenters. The fourth-order valence-electron chi connectivity index (χ4n) is 3.65. The first-order valence-corrected chi connectivity index (χ1v) is 7.79. The molecule has 1 heterocycles. The molecule has 120 valence electrons. The first-order valence-electron chi connectivity index (χ1n) is 7.79. The van der Waals surface area contributed by atoms with Gasteiger partial charge in [0.15, 0.2) is 0 Å². The Labute approximate surface area is 128 Å². The normalized spacial score (nSPS) is 27.0. The van der Waals surface area contributed by atoms with Crippen molar-refractivity contribution in [1.82, 2.24) is 15.6 Å². The molecule has 22 heavy (non-hydrogen) atoms. The lowest BCUT2D eigenvalue weighted by molar-refractivity contribution is 0.0127. The number of nitrogens with zero attached hydrogens (tertiary/aromatic N) is 1. The monoisotopic (exact) mass is 309 g/mol. The van der Waals surface area contributed by atoms with Gasteiger partial charge < -0.3 is 10.6 Å². The predicted octanol–water partition coefficient (Wildman–Crippen LogP) is 3.18. The van der Waals surface area contributed by atoms with Gasteiger partial charge in [-0.1, -0.05) is 6.42 Å². The maximum absolute atomic E-state index is 13.2. The second-order valence-corrected chi connectivity index (χ2v) is 6.55. The number of carbonyl (C=O) groups is 1. The van der Waals surface area contributed by atoms with Gasteiger partial charge in [0, 0.05) is 25.7 Å². The second-order valence-electron chi connectivity index (χ2n) is 6.55. The minimum absolute atomic E-state index is 0.220. The van der Waals surface area contributed by atoms with Crippen molar-refractivity contribution in [2.45, 2.75) is 51.1 Å². The zero-order chi connectivity index (χ0) is 15.7. The largest absolute Gasteiger partial charge is 0.335 e. The molecule has 2 N–H and O–H groups in total. The number of amides is 2. The number of alkyl halides is 2. The highest BCUT2D eigenvalue weighted by Crippen LogP contribution is 2.44. The van der Waals surface area contributed by atoms with Crippen LogP contribution in [0.25, 0.3) is 0 Å². The fourth-order valence-corrected chi connectivity index (χ4v) is 3.65. The molecular weight excluding hydrogens is 288 g/mol. The fraction of sp³-hybridized carbons (Fsp3) is 0.625. The molecule has 0 aliphatic heterocycles. The maximum atomic E-state index is 13.2. The van der Waals surface area contributed by atoms with Gasteiger partial charge in [-0.2, -0.15) is 8.78 Å². The Balaban J connectivity index is 1.51. The smallest absolute Gasteiger partial charge is 0.315 e. The Bertz CT molecular complexity index is 559. The van der Waals surface area contributed by atoms with Gasteiger partial charge in [-0.3, -0.25) is 4.98 Å². The van der Waals surface area contributed by atoms with Crippen LogP contribution in [0.15, 0.2) is 18.3 Å². The maximum Gasteiger partial charge on any atom is 0.315 e. The third-order valence-electron chi connectivity index (χ3n) is 4.78. The zero-order valence-corrected chi connectivity index (χ0v) is 12.6. The summed E-state index contributed by atoms with van der Waals surface area (Å²) in [6.07, 6.45) is 6.13. The lowest BCUT2D eigenvalue weighted by Gasteiger charge is -2.23. The van der Waals surface area contributed by atoms with E-state index in [-0.39, 0.29) is 24.3 Å². The van der Waals surface area contributed by atoms with Crippen LogP contribution in [0.1, 0.15) is 43.9 Å². The minimum Gasteiger partial charge on any atom is -0.335 e. The van der Waals surface area contributed by atoms with Crippen molar-refractivity contribution >= 4 is 6.03 Å². The lowest BCUT2D eigenvalue weighted by atomic mass is 9.95. The van der Waals surface area contributed by atoms with Crippen molar-refractivity contribution in [3.05, 3.63) is 29.6 Å². The van der Waals surface area contributed by atoms with E-state index in [9.17, 15) is 13.6 Å². The highest BCUT2D eigenvalue weighted by atomic mass is 19.3. The van der Waals surface area contributed by atoms with Crippen LogP contribution in [-0.4, -0.2) is 17.1 Å². The van der Waals surface area contributed by atoms with E-state index in [1.807, 2.05) is 0 Å². The molecule has 2 fully saturated rings. The molecule has 1 aromatic rings. The molecule has 3 rings (SSSR count). The quantitative estimate of drug-likeness (QED) is 0.897. The van der Waals surface area contributed by atoms with Crippen LogP contribution < -0.4 is 10.6 Å². The van der Waals surface area contributed by atoms with Gasteiger partial charge in [-0.15, -0.1) is 0 Å². The number of aromatic nitrogens is 1. The number of pyridine rings is 1. The van der Waals surface area contributed by atoms with Gasteiger partial charge in [-0.25, -0.2) is 4.79 Å². The highest BCUT2D eigenvalue weighted by molar-refractivity contribution is 5.74. The van der Waals surface area contributed by atoms with E-state index in [2.05, 4.69) is 15.6 Å². The first-order chi connectivity index (χ1) is 10.4. The van der Waals surface area contributed by atoms with Crippen LogP contribution in [-0.2, 0) is 12.5 Å². The van der Waals surface area contributed by atoms with Crippen molar-refractivity contribution in [1.29, 1.82) is 0 Å². The van der Waals surface area contributed by atoms with Gasteiger partial charge in [0.2, 0.25) is 0 Å². The number of nitrogens with one attached hydrogen (secondary N) is 2. The van der Waals surface area contributed by atoms with Crippen LogP contribution in [0.2, 0.25) is 0 Å². The summed E-state index contributed by atoms with van der Waals surface area (Å²) in [5.41, 5.74) is 0.343. The molecule has 4 nitrogen and oxygen atoms in total. The van der Waals surface area contributed by atoms with Crippen LogP contribution in [0, 0.1) is 11.8 Å². The molecule has 1 aromatic heterocycles. The number of urea groups is 1. The summed E-state index contributed by atoms with van der Waals surface area (Å²) in [6.45, 7) is 1.03. The van der Waals surface area contributed by atoms with Crippen molar-refractivity contribution in [3.63, 3.8) is 0 Å². The third kappa shape index (κ3) is 3.36. The molecule has 2 unspecified atom stereocenters. The molecule has 2 aliphatic rings. The molecule has 6 heteroatoms. The van der Waals surface area contributed by atoms with E-state index in [0.29, 0.717) is 11.5 Å². The predicted molar refractivity (Wildman–Crippen MR) is 78.4 cm³/mol. The van der Waals surface area contributed by atoms with Crippen LogP contribution in [0.5, 0.6) is 0 Å². The van der Waals surface area contributed by atoms with Crippen LogP contribution in [0.3, 0.4) is 0 Å². The summed E-state index contributed by atoms with van der Waals surface area (Å²) in [5.74, 6) is -1.59. The Morgan fingerprint density at radius 3 is 2.86 bits per heavy atom. The number of halogens is 2. The SMILES string of the molecule is CC(F)(F)c1cc(CNC(=O)N[C@H]2CC3CCC2C3)ccn1. The van der Waals surface area contributed by atoms with Crippen molar-refractivity contribution in [3.8, 4) is 0 Å². The number of carbonyl (C=O) groups excluding carboxylic acids is 1. The molecule has 0 radical (unpaired) electrons. The second kappa shape index (κ2) is 5.82. The Hall–Kier alpha value is -1.72. The van der Waals surface area contributed by atoms with Gasteiger partial charge in [0.25, 0.3) is 5.92 Å². The van der Waals surface area contributed by atoms with Crippen LogP contribution >= 0.6 is 0 Å². The van der Waals surface area contributed by atoms with Gasteiger partial charge in [0.05, 0.1) is 0 Å². The Morgan fingerprint density at radius 2 is 2.23 bits per heavy atom. The van der Waals surface area contributed by atoms with Gasteiger partial charge in [0.1, 0.15) is 5.69 Å². The van der Waals surface area contributed by atoms with E-state index in [1.165, 1.54) is 31.5 Å². The minimum atomic E-state index is -2.97. The van der Waals surface area contributed by atoms with E-state index < -0.39 is 5.92 Å². The molecule has 2 bridgehead atoms. The Morgan fingerprint density at radius 1 is 1.41 bits per heavy atom. The van der Waals surface area contributed by atoms with Crippen molar-refractivity contribution in [2.24, 2.45) is 11.8 Å². The topological polar surface area (TPSA) is 54.0 Å². The molecule has 0 aromatic carbocycles. The molecule has 0 spiro atoms. The average molecular weight is 309 g/mol. The molecule has 2 saturated carbocycles. The van der Waals surface area contributed by atoms with Crippen LogP contribution in [0.4, 0.5) is 13.6 Å². The number of rotatable bonds is 4. The average Bonchev–Trinajstić information content (AvgIpc) is 3.07. The van der Waals surface area contributed by atoms with Crippen molar-refractivity contribution < 1.29 is 13.6 Å². The summed E-state index contributed by atoms with van der Waals surface area (Å²) < 4.78 is 26.5.